The maximum atomic E-state index is 13.7. The van der Waals surface area contributed by atoms with E-state index in [4.69, 9.17) is 9.47 Å². The van der Waals surface area contributed by atoms with Gasteiger partial charge in [0, 0.05) is 12.0 Å². The van der Waals surface area contributed by atoms with Crippen LogP contribution in [0.3, 0.4) is 0 Å². The fourth-order valence-corrected chi connectivity index (χ4v) is 2.74. The molecular weight excluding hydrogens is 297 g/mol. The van der Waals surface area contributed by atoms with E-state index in [-0.39, 0.29) is 24.1 Å². The molecular formula is C18H18FNO3. The molecule has 1 aliphatic rings. The van der Waals surface area contributed by atoms with Crippen LogP contribution in [0.15, 0.2) is 42.5 Å². The van der Waals surface area contributed by atoms with Crippen molar-refractivity contribution in [1.29, 1.82) is 0 Å². The number of carbonyl (C=O) groups excluding carboxylic acids is 1. The molecule has 2 aromatic rings. The number of hydrogen-bond acceptors (Lipinski definition) is 3. The summed E-state index contributed by atoms with van der Waals surface area (Å²) in [5.74, 6) is 0.373. The molecule has 0 fully saturated rings. The molecule has 3 rings (SSSR count). The number of hydrogen-bond donors (Lipinski definition) is 1. The summed E-state index contributed by atoms with van der Waals surface area (Å²) in [5.41, 5.74) is 1.59. The summed E-state index contributed by atoms with van der Waals surface area (Å²) in [5, 5.41) is 3.00. The van der Waals surface area contributed by atoms with Crippen LogP contribution in [0.2, 0.25) is 0 Å². The Labute approximate surface area is 134 Å². The molecule has 1 atom stereocenters. The molecule has 4 nitrogen and oxygen atoms in total. The van der Waals surface area contributed by atoms with E-state index in [0.29, 0.717) is 12.2 Å². The molecule has 0 saturated heterocycles. The van der Waals surface area contributed by atoms with E-state index >= 15 is 0 Å². The van der Waals surface area contributed by atoms with E-state index < -0.39 is 5.82 Å². The Hall–Kier alpha value is -2.56. The Morgan fingerprint density at radius 3 is 2.96 bits per heavy atom. The van der Waals surface area contributed by atoms with Crippen molar-refractivity contribution in [2.24, 2.45) is 0 Å². The predicted octanol–water partition coefficient (Wildman–Crippen LogP) is 3.02. The number of carbonyl (C=O) groups is 1. The fraction of sp³-hybridized carbons (Fsp3) is 0.278. The predicted molar refractivity (Wildman–Crippen MR) is 84.1 cm³/mol. The molecule has 2 aromatic carbocycles. The van der Waals surface area contributed by atoms with Crippen molar-refractivity contribution in [2.75, 3.05) is 13.7 Å². The standard InChI is InChI=1S/C18H18FNO3/c1-22-17-7-6-12(10-14(17)19)11-18(21)20-15-8-9-23-16-5-3-2-4-13(15)16/h2-7,10,15H,8-9,11H2,1H3,(H,20,21)/t15-/m0/s1. The number of amides is 1. The van der Waals surface area contributed by atoms with E-state index in [2.05, 4.69) is 5.32 Å². The van der Waals surface area contributed by atoms with Gasteiger partial charge < -0.3 is 14.8 Å². The Bertz CT molecular complexity index is 717. The van der Waals surface area contributed by atoms with Crippen molar-refractivity contribution in [3.8, 4) is 11.5 Å². The van der Waals surface area contributed by atoms with Gasteiger partial charge in [0.05, 0.1) is 26.2 Å². The molecule has 1 heterocycles. The summed E-state index contributed by atoms with van der Waals surface area (Å²) >= 11 is 0. The highest BCUT2D eigenvalue weighted by Crippen LogP contribution is 2.31. The number of nitrogens with one attached hydrogen (secondary N) is 1. The summed E-state index contributed by atoms with van der Waals surface area (Å²) in [6, 6.07) is 12.2. The Morgan fingerprint density at radius 2 is 2.17 bits per heavy atom. The summed E-state index contributed by atoms with van der Waals surface area (Å²) in [4.78, 5) is 12.3. The van der Waals surface area contributed by atoms with Crippen LogP contribution in [0.1, 0.15) is 23.6 Å². The van der Waals surface area contributed by atoms with Gasteiger partial charge in [-0.3, -0.25) is 4.79 Å². The minimum atomic E-state index is -0.464. The third-order valence-corrected chi connectivity index (χ3v) is 3.87. The van der Waals surface area contributed by atoms with E-state index in [1.807, 2.05) is 24.3 Å². The number of methoxy groups -OCH3 is 1. The smallest absolute Gasteiger partial charge is 0.224 e. The average Bonchev–Trinajstić information content (AvgIpc) is 2.55. The van der Waals surface area contributed by atoms with Crippen LogP contribution in [-0.2, 0) is 11.2 Å². The molecule has 0 spiro atoms. The molecule has 0 bridgehead atoms. The zero-order valence-corrected chi connectivity index (χ0v) is 12.8. The van der Waals surface area contributed by atoms with Crippen LogP contribution in [-0.4, -0.2) is 19.6 Å². The number of ether oxygens (including phenoxy) is 2. The molecule has 5 heteroatoms. The molecule has 1 N–H and O–H groups in total. The van der Waals surface area contributed by atoms with Gasteiger partial charge in [-0.05, 0) is 23.8 Å². The Kier molecular flexibility index (Phi) is 4.46. The van der Waals surface area contributed by atoms with Crippen LogP contribution < -0.4 is 14.8 Å². The average molecular weight is 315 g/mol. The molecule has 1 amide bonds. The van der Waals surface area contributed by atoms with Gasteiger partial charge in [0.1, 0.15) is 5.75 Å². The van der Waals surface area contributed by atoms with E-state index in [0.717, 1.165) is 17.7 Å². The van der Waals surface area contributed by atoms with Gasteiger partial charge in [-0.2, -0.15) is 0 Å². The van der Waals surface area contributed by atoms with Crippen molar-refractivity contribution in [3.63, 3.8) is 0 Å². The largest absolute Gasteiger partial charge is 0.494 e. The second-order valence-corrected chi connectivity index (χ2v) is 5.44. The first-order valence-corrected chi connectivity index (χ1v) is 7.51. The van der Waals surface area contributed by atoms with Crippen molar-refractivity contribution < 1.29 is 18.7 Å². The summed E-state index contributed by atoms with van der Waals surface area (Å²) in [6.45, 7) is 0.569. The van der Waals surface area contributed by atoms with Crippen molar-refractivity contribution in [1.82, 2.24) is 5.32 Å². The number of halogens is 1. The third kappa shape index (κ3) is 3.44. The lowest BCUT2D eigenvalue weighted by atomic mass is 10.00. The van der Waals surface area contributed by atoms with Gasteiger partial charge in [0.25, 0.3) is 0 Å². The van der Waals surface area contributed by atoms with E-state index in [1.165, 1.54) is 19.2 Å². The van der Waals surface area contributed by atoms with Gasteiger partial charge in [-0.25, -0.2) is 4.39 Å². The topological polar surface area (TPSA) is 47.6 Å². The van der Waals surface area contributed by atoms with Crippen LogP contribution in [0.4, 0.5) is 4.39 Å². The van der Waals surface area contributed by atoms with Gasteiger partial charge >= 0.3 is 0 Å². The molecule has 1 aliphatic heterocycles. The quantitative estimate of drug-likeness (QED) is 0.943. The molecule has 0 saturated carbocycles. The Balaban J connectivity index is 1.67. The summed E-state index contributed by atoms with van der Waals surface area (Å²) in [6.07, 6.45) is 0.847. The van der Waals surface area contributed by atoms with Crippen molar-refractivity contribution in [2.45, 2.75) is 18.9 Å². The lowest BCUT2D eigenvalue weighted by Gasteiger charge is -2.26. The normalized spacial score (nSPS) is 16.2. The maximum Gasteiger partial charge on any atom is 0.224 e. The molecule has 0 aliphatic carbocycles. The molecule has 120 valence electrons. The number of benzene rings is 2. The van der Waals surface area contributed by atoms with E-state index in [1.54, 1.807) is 6.07 Å². The first-order chi connectivity index (χ1) is 11.2. The lowest BCUT2D eigenvalue weighted by molar-refractivity contribution is -0.121. The lowest BCUT2D eigenvalue weighted by Crippen LogP contribution is -2.33. The van der Waals surface area contributed by atoms with Gasteiger partial charge in [0.15, 0.2) is 11.6 Å². The summed E-state index contributed by atoms with van der Waals surface area (Å²) < 4.78 is 24.1. The monoisotopic (exact) mass is 315 g/mol. The van der Waals surface area contributed by atoms with Crippen LogP contribution in [0, 0.1) is 5.82 Å². The maximum absolute atomic E-state index is 13.7. The molecule has 0 unspecified atom stereocenters. The molecule has 0 radical (unpaired) electrons. The molecule has 23 heavy (non-hydrogen) atoms. The van der Waals surface area contributed by atoms with Crippen molar-refractivity contribution >= 4 is 5.91 Å². The third-order valence-electron chi connectivity index (χ3n) is 3.87. The second-order valence-electron chi connectivity index (χ2n) is 5.44. The van der Waals surface area contributed by atoms with Crippen LogP contribution in [0.5, 0.6) is 11.5 Å². The SMILES string of the molecule is COc1ccc(CC(=O)N[C@H]2CCOc3ccccc32)cc1F. The Morgan fingerprint density at radius 1 is 1.35 bits per heavy atom. The number of para-hydroxylation sites is 1. The van der Waals surface area contributed by atoms with Crippen LogP contribution >= 0.6 is 0 Å². The molecule has 0 aromatic heterocycles. The highest BCUT2D eigenvalue weighted by Gasteiger charge is 2.22. The van der Waals surface area contributed by atoms with Crippen LogP contribution in [0.25, 0.3) is 0 Å². The zero-order chi connectivity index (χ0) is 16.2. The van der Waals surface area contributed by atoms with Gasteiger partial charge in [-0.1, -0.05) is 24.3 Å². The van der Waals surface area contributed by atoms with Gasteiger partial charge in [0.2, 0.25) is 5.91 Å². The first-order valence-electron chi connectivity index (χ1n) is 7.51. The first kappa shape index (κ1) is 15.3. The minimum Gasteiger partial charge on any atom is -0.494 e. The van der Waals surface area contributed by atoms with E-state index in [9.17, 15) is 9.18 Å². The number of fused-ring (bicyclic) bond motifs is 1. The second kappa shape index (κ2) is 6.69. The minimum absolute atomic E-state index is 0.0736. The highest BCUT2D eigenvalue weighted by molar-refractivity contribution is 5.79. The highest BCUT2D eigenvalue weighted by atomic mass is 19.1. The number of rotatable bonds is 4. The zero-order valence-electron chi connectivity index (χ0n) is 12.8. The fourth-order valence-electron chi connectivity index (χ4n) is 2.74. The summed E-state index contributed by atoms with van der Waals surface area (Å²) in [7, 11) is 1.41. The van der Waals surface area contributed by atoms with Gasteiger partial charge in [-0.15, -0.1) is 0 Å². The van der Waals surface area contributed by atoms with Crippen molar-refractivity contribution in [3.05, 3.63) is 59.4 Å².